The van der Waals surface area contributed by atoms with E-state index in [9.17, 15) is 9.59 Å². The number of hydrogen-bond acceptors (Lipinski definition) is 5. The zero-order valence-corrected chi connectivity index (χ0v) is 21.1. The van der Waals surface area contributed by atoms with E-state index in [1.54, 1.807) is 0 Å². The zero-order valence-electron chi connectivity index (χ0n) is 21.1. The van der Waals surface area contributed by atoms with Crippen LogP contribution in [0.4, 0.5) is 0 Å². The van der Waals surface area contributed by atoms with Gasteiger partial charge in [-0.3, -0.25) is 4.79 Å². The van der Waals surface area contributed by atoms with Crippen molar-refractivity contribution in [3.8, 4) is 0 Å². The summed E-state index contributed by atoms with van der Waals surface area (Å²) >= 11 is 0. The Morgan fingerprint density at radius 3 is 2.21 bits per heavy atom. The molecule has 1 aliphatic carbocycles. The maximum absolute atomic E-state index is 14.4. The van der Waals surface area contributed by atoms with Crippen LogP contribution in [0.2, 0.25) is 0 Å². The van der Waals surface area contributed by atoms with Gasteiger partial charge in [-0.15, -0.1) is 0 Å². The second-order valence-corrected chi connectivity index (χ2v) is 9.59. The minimum atomic E-state index is -1.14. The van der Waals surface area contributed by atoms with E-state index >= 15 is 0 Å². The predicted octanol–water partition coefficient (Wildman–Crippen LogP) is 4.99. The molecule has 0 bridgehead atoms. The fourth-order valence-electron chi connectivity index (χ4n) is 6.52. The Bertz CT molecular complexity index is 1120. The van der Waals surface area contributed by atoms with Crippen molar-refractivity contribution in [2.45, 2.75) is 52.0 Å². The number of likely N-dealkylation sites (N-methyl/N-ethyl adjacent to an activating group) is 1. The van der Waals surface area contributed by atoms with Crippen LogP contribution in [0.1, 0.15) is 51.3 Å². The lowest BCUT2D eigenvalue weighted by Crippen LogP contribution is -2.73. The highest BCUT2D eigenvalue weighted by Gasteiger charge is 2.72. The Morgan fingerprint density at radius 1 is 1.00 bits per heavy atom. The van der Waals surface area contributed by atoms with Crippen LogP contribution in [0.5, 0.6) is 0 Å². The standard InChI is InChI=1S/C29H35NO4/c1-7-33-26(31)24-20(5)30(6)28(18-21-14-12-13-17-23(21)28)29(25(24)19(3)4,27(32)34-8-2)22-15-10-9-11-16-22/h9-17,19,25H,7-8,18H2,1-6H3/t25-,28-,29+/m0/s1. The molecule has 0 radical (unpaired) electrons. The van der Waals surface area contributed by atoms with Crippen LogP contribution in [-0.2, 0) is 36.4 Å². The molecule has 0 unspecified atom stereocenters. The van der Waals surface area contributed by atoms with Gasteiger partial charge in [0.15, 0.2) is 0 Å². The molecule has 2 aromatic carbocycles. The molecule has 34 heavy (non-hydrogen) atoms. The van der Waals surface area contributed by atoms with Gasteiger partial charge < -0.3 is 14.4 Å². The largest absolute Gasteiger partial charge is 0.465 e. The molecule has 0 aromatic heterocycles. The van der Waals surface area contributed by atoms with Crippen molar-refractivity contribution in [1.29, 1.82) is 0 Å². The summed E-state index contributed by atoms with van der Waals surface area (Å²) in [7, 11) is 2.00. The molecule has 4 rings (SSSR count). The highest BCUT2D eigenvalue weighted by molar-refractivity contribution is 5.96. The highest BCUT2D eigenvalue weighted by atomic mass is 16.5. The second-order valence-electron chi connectivity index (χ2n) is 9.59. The lowest BCUT2D eigenvalue weighted by atomic mass is 9.44. The van der Waals surface area contributed by atoms with Crippen LogP contribution in [0, 0.1) is 11.8 Å². The molecule has 2 aliphatic rings. The zero-order chi connectivity index (χ0) is 24.7. The van der Waals surface area contributed by atoms with Crippen LogP contribution < -0.4 is 0 Å². The van der Waals surface area contributed by atoms with Crippen molar-refractivity contribution in [2.75, 3.05) is 20.3 Å². The molecular weight excluding hydrogens is 426 g/mol. The van der Waals surface area contributed by atoms with Crippen molar-refractivity contribution in [3.05, 3.63) is 82.6 Å². The molecule has 0 saturated heterocycles. The van der Waals surface area contributed by atoms with Crippen LogP contribution in [0.15, 0.2) is 65.9 Å². The van der Waals surface area contributed by atoms with Gasteiger partial charge in [0.05, 0.1) is 24.3 Å². The minimum absolute atomic E-state index is 0.0303. The minimum Gasteiger partial charge on any atom is -0.465 e. The Balaban J connectivity index is 2.17. The first kappa shape index (κ1) is 24.1. The number of nitrogens with zero attached hydrogens (tertiary/aromatic N) is 1. The number of esters is 2. The average molecular weight is 462 g/mol. The molecule has 0 N–H and O–H groups in total. The Morgan fingerprint density at radius 2 is 1.62 bits per heavy atom. The van der Waals surface area contributed by atoms with Crippen molar-refractivity contribution in [2.24, 2.45) is 11.8 Å². The molecule has 0 fully saturated rings. The number of hydrogen-bond donors (Lipinski definition) is 0. The third-order valence-electron chi connectivity index (χ3n) is 7.79. The van der Waals surface area contributed by atoms with Crippen molar-refractivity contribution < 1.29 is 19.1 Å². The van der Waals surface area contributed by atoms with Crippen LogP contribution in [0.3, 0.4) is 0 Å². The van der Waals surface area contributed by atoms with Gasteiger partial charge in [-0.05, 0) is 43.4 Å². The van der Waals surface area contributed by atoms with Crippen LogP contribution in [-0.4, -0.2) is 37.1 Å². The number of benzene rings is 2. The molecule has 2 aromatic rings. The summed E-state index contributed by atoms with van der Waals surface area (Å²) in [6.45, 7) is 10.3. The number of ether oxygens (including phenoxy) is 2. The first-order valence-corrected chi connectivity index (χ1v) is 12.2. The molecule has 1 heterocycles. The quantitative estimate of drug-likeness (QED) is 0.567. The lowest BCUT2D eigenvalue weighted by Gasteiger charge is -2.66. The van der Waals surface area contributed by atoms with E-state index in [2.05, 4.69) is 30.9 Å². The first-order chi connectivity index (χ1) is 16.3. The van der Waals surface area contributed by atoms with Crippen molar-refractivity contribution >= 4 is 11.9 Å². The maximum atomic E-state index is 14.4. The number of carbonyl (C=O) groups excluding carboxylic acids is 2. The van der Waals surface area contributed by atoms with Gasteiger partial charge in [-0.25, -0.2) is 4.79 Å². The van der Waals surface area contributed by atoms with E-state index in [-0.39, 0.29) is 31.1 Å². The topological polar surface area (TPSA) is 55.8 Å². The SMILES string of the molecule is CCOC(=O)C1=C(C)N(C)[C@]2(Cc3ccccc32)[C@](C(=O)OCC)(c2ccccc2)[C@H]1C(C)C. The van der Waals surface area contributed by atoms with E-state index < -0.39 is 16.9 Å². The summed E-state index contributed by atoms with van der Waals surface area (Å²) in [4.78, 5) is 30.0. The average Bonchev–Trinajstić information content (AvgIpc) is 2.81. The van der Waals surface area contributed by atoms with Gasteiger partial charge in [0.25, 0.3) is 0 Å². The van der Waals surface area contributed by atoms with Gasteiger partial charge in [-0.1, -0.05) is 68.4 Å². The Hall–Kier alpha value is -3.08. The lowest BCUT2D eigenvalue weighted by molar-refractivity contribution is -0.168. The van der Waals surface area contributed by atoms with E-state index in [4.69, 9.17) is 9.47 Å². The predicted molar refractivity (Wildman–Crippen MR) is 132 cm³/mol. The number of carbonyl (C=O) groups is 2. The normalized spacial score (nSPS) is 25.7. The monoisotopic (exact) mass is 461 g/mol. The molecule has 180 valence electrons. The summed E-state index contributed by atoms with van der Waals surface area (Å²) in [5.74, 6) is -1.12. The summed E-state index contributed by atoms with van der Waals surface area (Å²) in [5, 5.41) is 0. The van der Waals surface area contributed by atoms with Crippen molar-refractivity contribution in [3.63, 3.8) is 0 Å². The Labute approximate surface area is 202 Å². The molecule has 3 atom stereocenters. The number of allylic oxidation sites excluding steroid dienone is 1. The first-order valence-electron chi connectivity index (χ1n) is 12.2. The van der Waals surface area contributed by atoms with Crippen LogP contribution >= 0.6 is 0 Å². The summed E-state index contributed by atoms with van der Waals surface area (Å²) in [6, 6.07) is 18.2. The molecule has 5 nitrogen and oxygen atoms in total. The van der Waals surface area contributed by atoms with Gasteiger partial charge >= 0.3 is 11.9 Å². The summed E-state index contributed by atoms with van der Waals surface area (Å²) in [5.41, 5.74) is 2.78. The van der Waals surface area contributed by atoms with E-state index in [0.717, 1.165) is 16.8 Å². The smallest absolute Gasteiger partial charge is 0.336 e. The number of rotatable bonds is 6. The third kappa shape index (κ3) is 3.05. The van der Waals surface area contributed by atoms with Gasteiger partial charge in [-0.2, -0.15) is 0 Å². The molecule has 1 aliphatic heterocycles. The van der Waals surface area contributed by atoms with Gasteiger partial charge in [0.1, 0.15) is 5.41 Å². The second kappa shape index (κ2) is 8.94. The Kier molecular flexibility index (Phi) is 6.32. The summed E-state index contributed by atoms with van der Waals surface area (Å²) in [6.07, 6.45) is 0.685. The molecule has 1 spiro atoms. The summed E-state index contributed by atoms with van der Waals surface area (Å²) < 4.78 is 11.5. The fraction of sp³-hybridized carbons (Fsp3) is 0.448. The maximum Gasteiger partial charge on any atom is 0.336 e. The molecule has 0 amide bonds. The van der Waals surface area contributed by atoms with Gasteiger partial charge in [0, 0.05) is 25.1 Å². The number of fused-ring (bicyclic) bond motifs is 2. The van der Waals surface area contributed by atoms with Crippen molar-refractivity contribution in [1.82, 2.24) is 4.90 Å². The van der Waals surface area contributed by atoms with Gasteiger partial charge in [0.2, 0.25) is 0 Å². The van der Waals surface area contributed by atoms with E-state index in [1.807, 2.05) is 70.3 Å². The molecule has 5 heteroatoms. The van der Waals surface area contributed by atoms with Crippen LogP contribution in [0.25, 0.3) is 0 Å². The van der Waals surface area contributed by atoms with E-state index in [1.165, 1.54) is 5.56 Å². The van der Waals surface area contributed by atoms with E-state index in [0.29, 0.717) is 12.0 Å². The fourth-order valence-corrected chi connectivity index (χ4v) is 6.52. The highest BCUT2D eigenvalue weighted by Crippen LogP contribution is 2.65. The molecule has 0 saturated carbocycles. The molecular formula is C29H35NO4. The third-order valence-corrected chi connectivity index (χ3v) is 7.79.